The number of alkyl halides is 9. The molecule has 3 unspecified atom stereocenters. The van der Waals surface area contributed by atoms with Gasteiger partial charge in [-0.1, -0.05) is 67.2 Å². The number of likely N-dealkylation sites (N-methyl/N-ethyl adjacent to an activating group) is 6. The predicted octanol–water partition coefficient (Wildman–Crippen LogP) is 6.36. The second-order valence-electron chi connectivity index (χ2n) is 31.9. The van der Waals surface area contributed by atoms with Gasteiger partial charge in [0, 0.05) is 73.7 Å². The summed E-state index contributed by atoms with van der Waals surface area (Å²) in [6.45, 7) is 10.0. The fraction of sp³-hybridized carbons (Fsp3) is 0.836. The second-order valence-corrected chi connectivity index (χ2v) is 32.4. The molecule has 4 heterocycles. The molecule has 0 aromatic rings. The van der Waals surface area contributed by atoms with E-state index in [1.807, 2.05) is 0 Å². The molecule has 3 aliphatic carbocycles. The molecular weight excluding hydrogens is 1440 g/mol. The maximum Gasteiger partial charge on any atom is 0.393 e. The first kappa shape index (κ1) is 87.6. The SMILES string of the molecule is CC[C@H](C)[C@@H]1NC(=O)[C@H](CC(C)C)N(C)C(=O)C[C@@H](C(=O)N2CCOCC2)N(C)C(=O)[C@H]([C@@H](C)CC)N(C)C(=O)C2(CCCC2)NC(=O)[C@@H]2CC(F)(F)CN2C(=O)[C@H](CCC2CCC(C(F)(F)F)C(Cl)C2)NC(=O)CN(C)C(=O)[C@H](CC2CCC(C(F)(F)F)CC2)N(C)C(=O)[C@@H]2CCN2C(=O)[C@H](C)N(C)C1=O. The van der Waals surface area contributed by atoms with Crippen molar-refractivity contribution in [1.82, 2.24) is 60.0 Å². The molecule has 4 saturated heterocycles. The van der Waals surface area contributed by atoms with Crippen molar-refractivity contribution in [1.29, 1.82) is 0 Å². The van der Waals surface area contributed by atoms with E-state index in [1.165, 1.54) is 59.0 Å². The molecule has 25 nitrogen and oxygen atoms in total. The highest BCUT2D eigenvalue weighted by Gasteiger charge is 2.56. The molecule has 4 aliphatic heterocycles. The van der Waals surface area contributed by atoms with E-state index in [1.54, 1.807) is 41.5 Å². The van der Waals surface area contributed by atoms with E-state index in [0.29, 0.717) is 24.2 Å². The minimum absolute atomic E-state index is 0.00117. The molecule has 606 valence electrons. The molecular formula is C73H113ClF8N12O13. The van der Waals surface area contributed by atoms with Crippen LogP contribution in [0.5, 0.6) is 0 Å². The van der Waals surface area contributed by atoms with Crippen molar-refractivity contribution in [3.63, 3.8) is 0 Å². The largest absolute Gasteiger partial charge is 0.393 e. The van der Waals surface area contributed by atoms with Crippen LogP contribution in [0.3, 0.4) is 0 Å². The average molecular weight is 1550 g/mol. The van der Waals surface area contributed by atoms with Crippen molar-refractivity contribution in [2.45, 2.75) is 260 Å². The number of halogens is 9. The number of nitrogens with one attached hydrogen (secondary N) is 3. The van der Waals surface area contributed by atoms with Crippen LogP contribution in [0.25, 0.3) is 0 Å². The summed E-state index contributed by atoms with van der Waals surface area (Å²) in [5, 5.41) is 6.73. The summed E-state index contributed by atoms with van der Waals surface area (Å²) in [5.74, 6) is -20.5. The zero-order chi connectivity index (χ0) is 79.9. The van der Waals surface area contributed by atoms with Gasteiger partial charge >= 0.3 is 12.4 Å². The number of hydrogen-bond acceptors (Lipinski definition) is 13. The van der Waals surface area contributed by atoms with E-state index >= 15 is 37.5 Å². The first-order chi connectivity index (χ1) is 49.9. The predicted molar refractivity (Wildman–Crippen MR) is 377 cm³/mol. The zero-order valence-corrected chi connectivity index (χ0v) is 64.9. The van der Waals surface area contributed by atoms with Gasteiger partial charge in [0.2, 0.25) is 70.9 Å². The molecule has 107 heavy (non-hydrogen) atoms. The molecule has 14 atom stereocenters. The van der Waals surface area contributed by atoms with Crippen LogP contribution in [0, 0.1) is 41.4 Å². The molecule has 7 rings (SSSR count). The third-order valence-corrected chi connectivity index (χ3v) is 24.6. The van der Waals surface area contributed by atoms with Gasteiger partial charge in [-0.2, -0.15) is 26.3 Å². The number of carbonyl (C=O) groups is 12. The summed E-state index contributed by atoms with van der Waals surface area (Å²) in [6, 6.07) is -13.5. The van der Waals surface area contributed by atoms with E-state index in [9.17, 15) is 55.1 Å². The van der Waals surface area contributed by atoms with Crippen LogP contribution in [-0.4, -0.2) is 287 Å². The Kier molecular flexibility index (Phi) is 29.8. The van der Waals surface area contributed by atoms with Crippen LogP contribution in [0.4, 0.5) is 35.1 Å². The van der Waals surface area contributed by atoms with Crippen molar-refractivity contribution >= 4 is 82.5 Å². The molecule has 0 radical (unpaired) electrons. The van der Waals surface area contributed by atoms with Gasteiger partial charge in [-0.3, -0.25) is 57.5 Å². The Balaban J connectivity index is 1.31. The van der Waals surface area contributed by atoms with Gasteiger partial charge in [0.1, 0.15) is 59.9 Å². The van der Waals surface area contributed by atoms with Crippen molar-refractivity contribution in [3.05, 3.63) is 0 Å². The van der Waals surface area contributed by atoms with E-state index in [-0.39, 0.29) is 129 Å². The topological polar surface area (TPSA) is 279 Å². The standard InChI is InChI=1S/C73H113ClF8N12O13/c1-14-42(5)58-67(104)87(9)44(7)62(99)93-29-26-51(93)65(102)89(11)53(36-46-18-22-47(23-19-46)72(77,78)79)64(101)86(8)39-56(95)83-50(25-21-45-20-24-48(49(74)35-45)73(80,81)82)63(100)94-40-71(75,76)38-55(94)61(98)85-70(27-16-17-28-70)69(106)91(13)59(43(6)15-2)68(105)90(12)54(66(103)92-30-32-107-33-31-92)37-57(96)88(10)52(34-41(3)4)60(97)84-58/h41-55,58-59H,14-40H2,1-13H3,(H,83,95)(H,84,97)(H,85,98)/t42-,43-,44-,45?,46?,47?,48?,49?,50-,51-,52-,53-,54-,55-,58-,59-/m0/s1. The lowest BCUT2D eigenvalue weighted by atomic mass is 9.78. The van der Waals surface area contributed by atoms with Crippen LogP contribution < -0.4 is 16.0 Å². The zero-order valence-electron chi connectivity index (χ0n) is 64.1. The van der Waals surface area contributed by atoms with Gasteiger partial charge in [0.05, 0.1) is 44.6 Å². The summed E-state index contributed by atoms with van der Waals surface area (Å²) in [7, 11) is 7.76. The fourth-order valence-electron chi connectivity index (χ4n) is 16.6. The lowest BCUT2D eigenvalue weighted by molar-refractivity contribution is -0.184. The van der Waals surface area contributed by atoms with Crippen LogP contribution in [0.15, 0.2) is 0 Å². The van der Waals surface area contributed by atoms with Crippen LogP contribution in [0.2, 0.25) is 0 Å². The summed E-state index contributed by atoms with van der Waals surface area (Å²) < 4.78 is 122. The molecule has 3 N–H and O–H groups in total. The van der Waals surface area contributed by atoms with E-state index in [2.05, 4.69) is 16.0 Å². The third kappa shape index (κ3) is 20.9. The number of rotatable bonds is 12. The summed E-state index contributed by atoms with van der Waals surface area (Å²) in [4.78, 5) is 190. The maximum absolute atomic E-state index is 16.2. The number of fused-ring (bicyclic) bond motifs is 2. The Morgan fingerprint density at radius 2 is 1.23 bits per heavy atom. The molecule has 0 aromatic carbocycles. The lowest BCUT2D eigenvalue weighted by Gasteiger charge is -2.45. The van der Waals surface area contributed by atoms with Crippen molar-refractivity contribution in [2.75, 3.05) is 88.2 Å². The fourth-order valence-corrected chi connectivity index (χ4v) is 17.1. The number of amides is 12. The normalized spacial score (nSPS) is 31.9. The lowest BCUT2D eigenvalue weighted by Crippen LogP contribution is -2.65. The molecule has 7 aliphatic rings. The first-order valence-electron chi connectivity index (χ1n) is 38.0. The van der Waals surface area contributed by atoms with Crippen molar-refractivity contribution in [3.8, 4) is 0 Å². The van der Waals surface area contributed by atoms with Crippen LogP contribution in [0.1, 0.15) is 177 Å². The van der Waals surface area contributed by atoms with Gasteiger partial charge in [0.25, 0.3) is 5.92 Å². The summed E-state index contributed by atoms with van der Waals surface area (Å²) in [5.41, 5.74) is -1.90. The Bertz CT molecular complexity index is 3210. The Morgan fingerprint density at radius 1 is 0.626 bits per heavy atom. The minimum Gasteiger partial charge on any atom is -0.378 e. The highest BCUT2D eigenvalue weighted by molar-refractivity contribution is 6.21. The smallest absolute Gasteiger partial charge is 0.378 e. The maximum atomic E-state index is 16.2. The van der Waals surface area contributed by atoms with Gasteiger partial charge < -0.3 is 64.8 Å². The Morgan fingerprint density at radius 3 is 1.79 bits per heavy atom. The van der Waals surface area contributed by atoms with Gasteiger partial charge in [-0.15, -0.1) is 11.6 Å². The second kappa shape index (κ2) is 36.4. The molecule has 34 heteroatoms. The Labute approximate surface area is 627 Å². The number of ether oxygens (including phenoxy) is 1. The monoisotopic (exact) mass is 1550 g/mol. The number of hydrogen-bond donors (Lipinski definition) is 3. The quantitative estimate of drug-likeness (QED) is 0.142. The average Bonchev–Trinajstić information content (AvgIpc) is 1.72. The van der Waals surface area contributed by atoms with Gasteiger partial charge in [-0.25, -0.2) is 8.78 Å². The van der Waals surface area contributed by atoms with Gasteiger partial charge in [-0.05, 0) is 126 Å². The summed E-state index contributed by atoms with van der Waals surface area (Å²) in [6.07, 6.45) is -11.9. The minimum atomic E-state index is -4.63. The van der Waals surface area contributed by atoms with E-state index < -0.39 is 222 Å². The Hall–Kier alpha value is -6.67. The molecule has 1 spiro atoms. The van der Waals surface area contributed by atoms with Crippen molar-refractivity contribution < 1.29 is 97.4 Å². The van der Waals surface area contributed by atoms with Crippen LogP contribution >= 0.6 is 11.6 Å². The highest BCUT2D eigenvalue weighted by Crippen LogP contribution is 2.45. The van der Waals surface area contributed by atoms with Crippen LogP contribution in [-0.2, 0) is 62.3 Å². The number of morpholine rings is 1. The molecule has 0 bridgehead atoms. The third-order valence-electron chi connectivity index (χ3n) is 24.1. The first-order valence-corrected chi connectivity index (χ1v) is 38.5. The van der Waals surface area contributed by atoms with Crippen molar-refractivity contribution in [2.24, 2.45) is 41.4 Å². The summed E-state index contributed by atoms with van der Waals surface area (Å²) >= 11 is 6.34. The van der Waals surface area contributed by atoms with E-state index in [4.69, 9.17) is 16.3 Å². The molecule has 0 aromatic heterocycles. The molecule has 12 amide bonds. The number of carbonyl (C=O) groups excluding carboxylic acids is 12. The molecule has 7 fully saturated rings. The van der Waals surface area contributed by atoms with E-state index in [0.717, 1.165) is 29.4 Å². The highest BCUT2D eigenvalue weighted by atomic mass is 35.5. The molecule has 3 saturated carbocycles. The number of nitrogens with zero attached hydrogens (tertiary/aromatic N) is 9. The van der Waals surface area contributed by atoms with Gasteiger partial charge in [0.15, 0.2) is 0 Å².